The third kappa shape index (κ3) is 9.59. The molecule has 0 bridgehead atoms. The summed E-state index contributed by atoms with van der Waals surface area (Å²) in [7, 11) is 0. The summed E-state index contributed by atoms with van der Waals surface area (Å²) in [6, 6.07) is 0. The van der Waals surface area contributed by atoms with E-state index < -0.39 is 11.9 Å². The first-order valence-electron chi connectivity index (χ1n) is 11.1. The third-order valence-corrected chi connectivity index (χ3v) is 6.16. The van der Waals surface area contributed by atoms with Crippen molar-refractivity contribution in [3.63, 3.8) is 0 Å². The zero-order chi connectivity index (χ0) is 18.5. The van der Waals surface area contributed by atoms with E-state index in [0.29, 0.717) is 12.8 Å². The second-order valence-corrected chi connectivity index (χ2v) is 8.41. The molecule has 2 fully saturated rings. The van der Waals surface area contributed by atoms with Crippen LogP contribution in [0.5, 0.6) is 0 Å². The molecule has 0 aromatic carbocycles. The van der Waals surface area contributed by atoms with E-state index in [1.54, 1.807) is 0 Å². The zero-order valence-electron chi connectivity index (χ0n) is 16.5. The van der Waals surface area contributed by atoms with Crippen molar-refractivity contribution in [3.8, 4) is 0 Å². The van der Waals surface area contributed by atoms with Gasteiger partial charge in [0.1, 0.15) is 0 Å². The van der Waals surface area contributed by atoms with Crippen LogP contribution in [-0.2, 0) is 19.4 Å². The van der Waals surface area contributed by atoms with Gasteiger partial charge in [0.2, 0.25) is 0 Å². The van der Waals surface area contributed by atoms with E-state index in [9.17, 15) is 9.59 Å². The molecule has 0 aromatic rings. The standard InChI is InChI=1S/C22H38O4/c23-21(17-9-15-19-11-5-1-2-6-12-19)25-26-22(24)18-10-16-20-13-7-3-4-8-14-20/h19-20H,1-18H2. The van der Waals surface area contributed by atoms with Gasteiger partial charge in [0, 0.05) is 0 Å². The first kappa shape index (κ1) is 21.2. The highest BCUT2D eigenvalue weighted by atomic mass is 17.2. The molecule has 2 saturated carbocycles. The Balaban J connectivity index is 1.46. The number of rotatable bonds is 8. The van der Waals surface area contributed by atoms with Gasteiger partial charge in [-0.2, -0.15) is 0 Å². The molecule has 4 heteroatoms. The molecule has 0 saturated heterocycles. The summed E-state index contributed by atoms with van der Waals surface area (Å²) < 4.78 is 0. The third-order valence-electron chi connectivity index (χ3n) is 6.16. The molecule has 0 aliphatic heterocycles. The first-order valence-corrected chi connectivity index (χ1v) is 11.1. The molecule has 2 aliphatic carbocycles. The molecule has 4 nitrogen and oxygen atoms in total. The SMILES string of the molecule is O=C(CCCC1CCCCCC1)OOC(=O)CCCC1CCCCCC1. The summed E-state index contributed by atoms with van der Waals surface area (Å²) >= 11 is 0. The Morgan fingerprint density at radius 1 is 0.577 bits per heavy atom. The minimum atomic E-state index is -0.407. The molecule has 0 aromatic heterocycles. The average molecular weight is 367 g/mol. The maximum absolute atomic E-state index is 11.7. The van der Waals surface area contributed by atoms with E-state index in [-0.39, 0.29) is 0 Å². The second kappa shape index (κ2) is 13.2. The number of hydrogen-bond donors (Lipinski definition) is 0. The van der Waals surface area contributed by atoms with Crippen molar-refractivity contribution in [1.82, 2.24) is 0 Å². The minimum absolute atomic E-state index is 0.353. The van der Waals surface area contributed by atoms with Gasteiger partial charge < -0.3 is 0 Å². The summed E-state index contributed by atoms with van der Waals surface area (Å²) in [5, 5.41) is 0. The molecule has 0 radical (unpaired) electrons. The summed E-state index contributed by atoms with van der Waals surface area (Å²) in [6.45, 7) is 0. The Bertz CT molecular complexity index is 353. The molecule has 0 amide bonds. The van der Waals surface area contributed by atoms with E-state index in [4.69, 9.17) is 9.78 Å². The summed E-state index contributed by atoms with van der Waals surface area (Å²) in [5.74, 6) is 0.708. The van der Waals surface area contributed by atoms with E-state index in [0.717, 1.165) is 37.5 Å². The quantitative estimate of drug-likeness (QED) is 0.288. The Morgan fingerprint density at radius 3 is 1.27 bits per heavy atom. The Labute approximate surface area is 159 Å². The van der Waals surface area contributed by atoms with E-state index in [1.165, 1.54) is 77.0 Å². The van der Waals surface area contributed by atoms with Crippen LogP contribution in [0.4, 0.5) is 0 Å². The molecule has 150 valence electrons. The average Bonchev–Trinajstić information content (AvgIpc) is 3.05. The normalized spacial score (nSPS) is 20.2. The van der Waals surface area contributed by atoms with Gasteiger partial charge in [0.05, 0.1) is 12.8 Å². The van der Waals surface area contributed by atoms with Crippen molar-refractivity contribution >= 4 is 11.9 Å². The van der Waals surface area contributed by atoms with Crippen LogP contribution in [0.1, 0.15) is 116 Å². The number of hydrogen-bond acceptors (Lipinski definition) is 4. The van der Waals surface area contributed by atoms with Crippen LogP contribution < -0.4 is 0 Å². The number of carbonyl (C=O) groups excluding carboxylic acids is 2. The van der Waals surface area contributed by atoms with Gasteiger partial charge in [-0.3, -0.25) is 0 Å². The highest BCUT2D eigenvalue weighted by Crippen LogP contribution is 2.27. The summed E-state index contributed by atoms with van der Waals surface area (Å²) in [6.07, 6.45) is 20.5. The van der Waals surface area contributed by atoms with Crippen molar-refractivity contribution < 1.29 is 19.4 Å². The van der Waals surface area contributed by atoms with Gasteiger partial charge in [-0.25, -0.2) is 19.4 Å². The van der Waals surface area contributed by atoms with Gasteiger partial charge in [-0.05, 0) is 37.5 Å². The zero-order valence-corrected chi connectivity index (χ0v) is 16.5. The lowest BCUT2D eigenvalue weighted by molar-refractivity contribution is -0.259. The molecule has 2 rings (SSSR count). The van der Waals surface area contributed by atoms with Crippen LogP contribution in [0.3, 0.4) is 0 Å². The first-order chi connectivity index (χ1) is 12.7. The molecule has 2 aliphatic rings. The van der Waals surface area contributed by atoms with Gasteiger partial charge in [0.25, 0.3) is 0 Å². The molecule has 0 unspecified atom stereocenters. The number of carbonyl (C=O) groups is 2. The fourth-order valence-electron chi connectivity index (χ4n) is 4.55. The summed E-state index contributed by atoms with van der Waals surface area (Å²) in [4.78, 5) is 32.8. The van der Waals surface area contributed by atoms with Gasteiger partial charge in [-0.1, -0.05) is 77.0 Å². The molecule has 0 spiro atoms. The van der Waals surface area contributed by atoms with Gasteiger partial charge >= 0.3 is 11.9 Å². The Hall–Kier alpha value is -1.06. The minimum Gasteiger partial charge on any atom is -0.247 e. The molecule has 0 atom stereocenters. The molecule has 0 heterocycles. The lowest BCUT2D eigenvalue weighted by atomic mass is 9.94. The maximum atomic E-state index is 11.7. The van der Waals surface area contributed by atoms with Crippen LogP contribution in [0, 0.1) is 11.8 Å². The van der Waals surface area contributed by atoms with Crippen molar-refractivity contribution in [2.24, 2.45) is 11.8 Å². The lowest BCUT2D eigenvalue weighted by Gasteiger charge is -2.13. The van der Waals surface area contributed by atoms with E-state index in [2.05, 4.69) is 0 Å². The Kier molecular flexibility index (Phi) is 10.8. The second-order valence-electron chi connectivity index (χ2n) is 8.41. The molecular formula is C22H38O4. The van der Waals surface area contributed by atoms with E-state index in [1.807, 2.05) is 0 Å². The van der Waals surface area contributed by atoms with Crippen LogP contribution in [-0.4, -0.2) is 11.9 Å². The Morgan fingerprint density at radius 2 is 0.923 bits per heavy atom. The smallest absolute Gasteiger partial charge is 0.247 e. The highest BCUT2D eigenvalue weighted by Gasteiger charge is 2.16. The molecular weight excluding hydrogens is 328 g/mol. The van der Waals surface area contributed by atoms with Crippen molar-refractivity contribution in [3.05, 3.63) is 0 Å². The summed E-state index contributed by atoms with van der Waals surface area (Å²) in [5.41, 5.74) is 0. The van der Waals surface area contributed by atoms with Crippen molar-refractivity contribution in [2.75, 3.05) is 0 Å². The van der Waals surface area contributed by atoms with Gasteiger partial charge in [-0.15, -0.1) is 0 Å². The van der Waals surface area contributed by atoms with Crippen LogP contribution in [0.15, 0.2) is 0 Å². The maximum Gasteiger partial charge on any atom is 0.355 e. The fourth-order valence-corrected chi connectivity index (χ4v) is 4.55. The van der Waals surface area contributed by atoms with Gasteiger partial charge in [0.15, 0.2) is 0 Å². The predicted octanol–water partition coefficient (Wildman–Crippen LogP) is 6.27. The van der Waals surface area contributed by atoms with Crippen LogP contribution >= 0.6 is 0 Å². The highest BCUT2D eigenvalue weighted by molar-refractivity contribution is 5.72. The molecule has 26 heavy (non-hydrogen) atoms. The van der Waals surface area contributed by atoms with E-state index >= 15 is 0 Å². The monoisotopic (exact) mass is 366 g/mol. The largest absolute Gasteiger partial charge is 0.355 e. The fraction of sp³-hybridized carbons (Fsp3) is 0.909. The van der Waals surface area contributed by atoms with Crippen molar-refractivity contribution in [2.45, 2.75) is 116 Å². The van der Waals surface area contributed by atoms with Crippen LogP contribution in [0.2, 0.25) is 0 Å². The predicted molar refractivity (Wildman–Crippen MR) is 102 cm³/mol. The van der Waals surface area contributed by atoms with Crippen LogP contribution in [0.25, 0.3) is 0 Å². The topological polar surface area (TPSA) is 52.6 Å². The van der Waals surface area contributed by atoms with Crippen molar-refractivity contribution in [1.29, 1.82) is 0 Å². The molecule has 0 N–H and O–H groups in total. The lowest BCUT2D eigenvalue weighted by Crippen LogP contribution is -2.12.